The number of rotatable bonds is 5. The molecule has 0 aliphatic heterocycles. The highest BCUT2D eigenvalue weighted by atomic mass is 19.4. The van der Waals surface area contributed by atoms with Gasteiger partial charge >= 0.3 is 12.1 Å². The van der Waals surface area contributed by atoms with Gasteiger partial charge in [-0.2, -0.15) is 13.2 Å². The van der Waals surface area contributed by atoms with Crippen molar-refractivity contribution in [2.45, 2.75) is 12.6 Å². The molecule has 0 fully saturated rings. The molecule has 2 aromatic rings. The molecule has 0 heterocycles. The first kappa shape index (κ1) is 20.0. The maximum atomic E-state index is 12.5. The first-order valence-electron chi connectivity index (χ1n) is 7.65. The van der Waals surface area contributed by atoms with Gasteiger partial charge in [0.2, 0.25) is 11.8 Å². The van der Waals surface area contributed by atoms with Gasteiger partial charge < -0.3 is 15.4 Å². The molecule has 0 saturated carbocycles. The molecule has 0 aliphatic rings. The van der Waals surface area contributed by atoms with Crippen molar-refractivity contribution in [3.8, 4) is 0 Å². The molecule has 0 bridgehead atoms. The topological polar surface area (TPSA) is 84.5 Å². The molecule has 0 atom stereocenters. The number of amides is 2. The molecule has 2 rings (SSSR count). The lowest BCUT2D eigenvalue weighted by molar-refractivity contribution is -0.137. The SMILES string of the molecule is COC(=O)c1ccccc1NC(=O)CC(=O)Nc1ccc(C(F)(F)F)cc1. The van der Waals surface area contributed by atoms with Gasteiger partial charge in [0.15, 0.2) is 0 Å². The van der Waals surface area contributed by atoms with Crippen LogP contribution >= 0.6 is 0 Å². The third kappa shape index (κ3) is 5.56. The molecule has 0 unspecified atom stereocenters. The lowest BCUT2D eigenvalue weighted by Gasteiger charge is -2.10. The van der Waals surface area contributed by atoms with E-state index in [1.54, 1.807) is 12.1 Å². The number of ether oxygens (including phenoxy) is 1. The molecule has 2 N–H and O–H groups in total. The number of esters is 1. The van der Waals surface area contributed by atoms with Crippen molar-refractivity contribution in [2.24, 2.45) is 0 Å². The zero-order chi connectivity index (χ0) is 20.0. The molecule has 2 amide bonds. The first-order valence-corrected chi connectivity index (χ1v) is 7.65. The van der Waals surface area contributed by atoms with Crippen LogP contribution in [0.25, 0.3) is 0 Å². The number of alkyl halides is 3. The van der Waals surface area contributed by atoms with E-state index in [-0.39, 0.29) is 16.9 Å². The van der Waals surface area contributed by atoms with E-state index in [2.05, 4.69) is 15.4 Å². The minimum absolute atomic E-state index is 0.121. The number of hydrogen-bond donors (Lipinski definition) is 2. The second kappa shape index (κ2) is 8.35. The van der Waals surface area contributed by atoms with Crippen molar-refractivity contribution < 1.29 is 32.3 Å². The minimum atomic E-state index is -4.48. The van der Waals surface area contributed by atoms with Gasteiger partial charge in [-0.15, -0.1) is 0 Å². The zero-order valence-electron chi connectivity index (χ0n) is 14.1. The van der Waals surface area contributed by atoms with Gasteiger partial charge in [0.1, 0.15) is 6.42 Å². The number of anilines is 2. The van der Waals surface area contributed by atoms with Gasteiger partial charge in [-0.1, -0.05) is 12.1 Å². The Morgan fingerprint density at radius 3 is 2.11 bits per heavy atom. The highest BCUT2D eigenvalue weighted by molar-refractivity contribution is 6.09. The van der Waals surface area contributed by atoms with Crippen molar-refractivity contribution in [3.63, 3.8) is 0 Å². The average molecular weight is 380 g/mol. The number of carbonyl (C=O) groups is 3. The Kier molecular flexibility index (Phi) is 6.17. The minimum Gasteiger partial charge on any atom is -0.465 e. The molecule has 142 valence electrons. The number of carbonyl (C=O) groups excluding carboxylic acids is 3. The molecule has 2 aromatic carbocycles. The molecule has 9 heteroatoms. The van der Waals surface area contributed by atoms with E-state index < -0.39 is 35.9 Å². The van der Waals surface area contributed by atoms with E-state index in [9.17, 15) is 27.6 Å². The normalized spacial score (nSPS) is 10.8. The molecule has 0 radical (unpaired) electrons. The number of para-hydroxylation sites is 1. The van der Waals surface area contributed by atoms with E-state index in [1.807, 2.05) is 0 Å². The molecular weight excluding hydrogens is 365 g/mol. The Bertz CT molecular complexity index is 848. The highest BCUT2D eigenvalue weighted by Crippen LogP contribution is 2.29. The van der Waals surface area contributed by atoms with Crippen LogP contribution < -0.4 is 10.6 Å². The van der Waals surface area contributed by atoms with Crippen LogP contribution in [-0.2, 0) is 20.5 Å². The van der Waals surface area contributed by atoms with E-state index >= 15 is 0 Å². The summed E-state index contributed by atoms with van der Waals surface area (Å²) in [5.41, 5.74) is -0.429. The Hall–Kier alpha value is -3.36. The van der Waals surface area contributed by atoms with E-state index in [0.29, 0.717) is 0 Å². The fourth-order valence-corrected chi connectivity index (χ4v) is 2.17. The molecule has 0 saturated heterocycles. The molecular formula is C18H15F3N2O4. The zero-order valence-corrected chi connectivity index (χ0v) is 14.1. The molecule has 0 aliphatic carbocycles. The molecule has 0 aromatic heterocycles. The predicted molar refractivity (Wildman–Crippen MR) is 91.1 cm³/mol. The predicted octanol–water partition coefficient (Wildman–Crippen LogP) is 3.46. The summed E-state index contributed by atoms with van der Waals surface area (Å²) in [6.45, 7) is 0. The van der Waals surface area contributed by atoms with E-state index in [0.717, 1.165) is 24.3 Å². The third-order valence-electron chi connectivity index (χ3n) is 3.42. The van der Waals surface area contributed by atoms with Crippen molar-refractivity contribution in [1.82, 2.24) is 0 Å². The molecule has 0 spiro atoms. The monoisotopic (exact) mass is 380 g/mol. The summed E-state index contributed by atoms with van der Waals surface area (Å²) < 4.78 is 42.1. The largest absolute Gasteiger partial charge is 0.465 e. The smallest absolute Gasteiger partial charge is 0.416 e. The average Bonchev–Trinajstić information content (AvgIpc) is 2.61. The number of hydrogen-bond acceptors (Lipinski definition) is 4. The van der Waals surface area contributed by atoms with E-state index in [1.165, 1.54) is 19.2 Å². The van der Waals surface area contributed by atoms with Crippen LogP contribution in [0.1, 0.15) is 22.3 Å². The van der Waals surface area contributed by atoms with Crippen molar-refractivity contribution in [2.75, 3.05) is 17.7 Å². The van der Waals surface area contributed by atoms with Gasteiger partial charge in [-0.25, -0.2) is 4.79 Å². The maximum Gasteiger partial charge on any atom is 0.416 e. The Morgan fingerprint density at radius 1 is 0.926 bits per heavy atom. The van der Waals surface area contributed by atoms with Gasteiger partial charge in [-0.3, -0.25) is 9.59 Å². The van der Waals surface area contributed by atoms with Gasteiger partial charge in [0, 0.05) is 5.69 Å². The summed E-state index contributed by atoms with van der Waals surface area (Å²) in [7, 11) is 1.19. The summed E-state index contributed by atoms with van der Waals surface area (Å²) in [5, 5.41) is 4.75. The van der Waals surface area contributed by atoms with Crippen LogP contribution in [0.15, 0.2) is 48.5 Å². The van der Waals surface area contributed by atoms with E-state index in [4.69, 9.17) is 0 Å². The van der Waals surface area contributed by atoms with Crippen LogP contribution in [0.3, 0.4) is 0 Å². The van der Waals surface area contributed by atoms with Crippen LogP contribution in [0.4, 0.5) is 24.5 Å². The van der Waals surface area contributed by atoms with Gasteiger partial charge in [0.05, 0.1) is 23.9 Å². The summed E-state index contributed by atoms with van der Waals surface area (Å²) >= 11 is 0. The lowest BCUT2D eigenvalue weighted by Crippen LogP contribution is -2.22. The molecule has 27 heavy (non-hydrogen) atoms. The number of benzene rings is 2. The summed E-state index contributed by atoms with van der Waals surface area (Å²) in [4.78, 5) is 35.5. The first-order chi connectivity index (χ1) is 12.7. The van der Waals surface area contributed by atoms with Crippen molar-refractivity contribution >= 4 is 29.2 Å². The Balaban J connectivity index is 1.97. The van der Waals surface area contributed by atoms with Crippen molar-refractivity contribution in [3.05, 3.63) is 59.7 Å². The quantitative estimate of drug-likeness (QED) is 0.615. The van der Waals surface area contributed by atoms with Crippen LogP contribution in [-0.4, -0.2) is 24.9 Å². The van der Waals surface area contributed by atoms with Gasteiger partial charge in [-0.05, 0) is 36.4 Å². The maximum absolute atomic E-state index is 12.5. The van der Waals surface area contributed by atoms with Gasteiger partial charge in [0.25, 0.3) is 0 Å². The van der Waals surface area contributed by atoms with Crippen LogP contribution in [0.2, 0.25) is 0 Å². The second-order valence-electron chi connectivity index (χ2n) is 5.39. The highest BCUT2D eigenvalue weighted by Gasteiger charge is 2.30. The van der Waals surface area contributed by atoms with Crippen LogP contribution in [0.5, 0.6) is 0 Å². The third-order valence-corrected chi connectivity index (χ3v) is 3.42. The number of nitrogens with one attached hydrogen (secondary N) is 2. The summed E-state index contributed by atoms with van der Waals surface area (Å²) in [5.74, 6) is -2.07. The number of methoxy groups -OCH3 is 1. The summed E-state index contributed by atoms with van der Waals surface area (Å²) in [6.07, 6.45) is -5.06. The molecule has 6 nitrogen and oxygen atoms in total. The summed E-state index contributed by atoms with van der Waals surface area (Å²) in [6, 6.07) is 9.91. The Morgan fingerprint density at radius 2 is 1.52 bits per heavy atom. The van der Waals surface area contributed by atoms with Crippen molar-refractivity contribution in [1.29, 1.82) is 0 Å². The Labute approximate surface area is 152 Å². The standard InChI is InChI=1S/C18H15F3N2O4/c1-27-17(26)13-4-2-3-5-14(13)23-16(25)10-15(24)22-12-8-6-11(7-9-12)18(19,20)21/h2-9H,10H2,1H3,(H,22,24)(H,23,25). The number of halogens is 3. The second-order valence-corrected chi connectivity index (χ2v) is 5.39. The fourth-order valence-electron chi connectivity index (χ4n) is 2.17. The fraction of sp³-hybridized carbons (Fsp3) is 0.167. The van der Waals surface area contributed by atoms with Crippen LogP contribution in [0, 0.1) is 0 Å². The lowest BCUT2D eigenvalue weighted by atomic mass is 10.1.